The molecule has 8 heteroatoms. The summed E-state index contributed by atoms with van der Waals surface area (Å²) in [4.78, 5) is 27.2. The van der Waals surface area contributed by atoms with Crippen LogP contribution in [0.4, 0.5) is 8.78 Å². The number of hydrogen-bond acceptors (Lipinski definition) is 2. The molecule has 5 rings (SSSR count). The van der Waals surface area contributed by atoms with Crippen molar-refractivity contribution in [1.29, 1.82) is 0 Å². The maximum Gasteiger partial charge on any atom is 0.261 e. The molecule has 1 amide bonds. The van der Waals surface area contributed by atoms with Gasteiger partial charge in [-0.05, 0) is 43.5 Å². The van der Waals surface area contributed by atoms with Crippen LogP contribution in [0.2, 0.25) is 5.02 Å². The van der Waals surface area contributed by atoms with Gasteiger partial charge in [-0.2, -0.15) is 0 Å². The quantitative estimate of drug-likeness (QED) is 0.622. The van der Waals surface area contributed by atoms with Crippen LogP contribution in [-0.4, -0.2) is 38.7 Å². The number of likely N-dealkylation sites (tertiary alicyclic amines) is 1. The Morgan fingerprint density at radius 1 is 1.27 bits per heavy atom. The van der Waals surface area contributed by atoms with Gasteiger partial charge >= 0.3 is 0 Å². The minimum absolute atomic E-state index is 0.0155. The maximum absolute atomic E-state index is 13.7. The molecule has 1 saturated carbocycles. The van der Waals surface area contributed by atoms with E-state index in [0.717, 1.165) is 18.4 Å². The molecule has 0 unspecified atom stereocenters. The Morgan fingerprint density at radius 2 is 2.00 bits per heavy atom. The van der Waals surface area contributed by atoms with E-state index in [0.29, 0.717) is 22.6 Å². The zero-order valence-corrected chi connectivity index (χ0v) is 17.1. The summed E-state index contributed by atoms with van der Waals surface area (Å²) in [6, 6.07) is 6.54. The second-order valence-electron chi connectivity index (χ2n) is 8.48. The highest BCUT2D eigenvalue weighted by Gasteiger charge is 2.41. The van der Waals surface area contributed by atoms with Crippen molar-refractivity contribution >= 4 is 28.4 Å². The highest BCUT2D eigenvalue weighted by Crippen LogP contribution is 2.41. The van der Waals surface area contributed by atoms with E-state index >= 15 is 0 Å². The molecule has 0 atom stereocenters. The summed E-state index contributed by atoms with van der Waals surface area (Å²) in [5.41, 5.74) is 0.413. The molecule has 0 radical (unpaired) electrons. The third-order valence-electron chi connectivity index (χ3n) is 5.83. The molecular formula is C22H20ClF2N3O2. The first-order valence-electron chi connectivity index (χ1n) is 9.90. The highest BCUT2D eigenvalue weighted by atomic mass is 35.5. The summed E-state index contributed by atoms with van der Waals surface area (Å²) < 4.78 is 30.8. The molecular weight excluding hydrogens is 412 g/mol. The van der Waals surface area contributed by atoms with Crippen LogP contribution in [-0.2, 0) is 11.3 Å². The SMILES string of the molecule is CC1(F)CN(C(=O)Cn2ccc3c(c(-c4ccc(F)c(Cl)c4)cn3C3CC3)c2=O)C1. The molecule has 1 aromatic carbocycles. The third kappa shape index (κ3) is 3.21. The number of carbonyl (C=O) groups excluding carboxylic acids is 1. The van der Waals surface area contributed by atoms with Crippen molar-refractivity contribution < 1.29 is 13.6 Å². The Hall–Kier alpha value is -2.67. The largest absolute Gasteiger partial charge is 0.344 e. The molecule has 2 aromatic heterocycles. The second-order valence-corrected chi connectivity index (χ2v) is 8.89. The summed E-state index contributed by atoms with van der Waals surface area (Å²) in [7, 11) is 0. The van der Waals surface area contributed by atoms with E-state index in [4.69, 9.17) is 11.6 Å². The van der Waals surface area contributed by atoms with Crippen molar-refractivity contribution in [3.63, 3.8) is 0 Å². The molecule has 1 aliphatic heterocycles. The first kappa shape index (κ1) is 19.3. The lowest BCUT2D eigenvalue weighted by Crippen LogP contribution is -2.60. The fourth-order valence-electron chi connectivity index (χ4n) is 4.14. The lowest BCUT2D eigenvalue weighted by Gasteiger charge is -2.42. The first-order valence-corrected chi connectivity index (χ1v) is 10.3. The summed E-state index contributed by atoms with van der Waals surface area (Å²) in [5, 5.41) is 0.456. The van der Waals surface area contributed by atoms with Crippen molar-refractivity contribution in [3.8, 4) is 11.1 Å². The van der Waals surface area contributed by atoms with Crippen LogP contribution < -0.4 is 5.56 Å². The molecule has 0 spiro atoms. The number of hydrogen-bond donors (Lipinski definition) is 0. The van der Waals surface area contributed by atoms with Crippen molar-refractivity contribution in [2.45, 2.75) is 38.0 Å². The van der Waals surface area contributed by atoms with Crippen LogP contribution in [0.25, 0.3) is 22.0 Å². The number of amides is 1. The Morgan fingerprint density at radius 3 is 2.63 bits per heavy atom. The molecule has 0 N–H and O–H groups in total. The predicted molar refractivity (Wildman–Crippen MR) is 111 cm³/mol. The van der Waals surface area contributed by atoms with E-state index in [-0.39, 0.29) is 36.1 Å². The highest BCUT2D eigenvalue weighted by molar-refractivity contribution is 6.31. The van der Waals surface area contributed by atoms with Gasteiger partial charge in [0.25, 0.3) is 5.56 Å². The maximum atomic E-state index is 13.7. The van der Waals surface area contributed by atoms with Crippen LogP contribution in [0.3, 0.4) is 0 Å². The molecule has 2 aliphatic rings. The van der Waals surface area contributed by atoms with Crippen LogP contribution in [0.1, 0.15) is 25.8 Å². The minimum atomic E-state index is -1.36. The van der Waals surface area contributed by atoms with Gasteiger partial charge < -0.3 is 14.0 Å². The summed E-state index contributed by atoms with van der Waals surface area (Å²) in [5.74, 6) is -0.816. The number of alkyl halides is 1. The monoisotopic (exact) mass is 431 g/mol. The van der Waals surface area contributed by atoms with Gasteiger partial charge in [-0.15, -0.1) is 0 Å². The Labute approximate surface area is 176 Å². The molecule has 30 heavy (non-hydrogen) atoms. The Balaban J connectivity index is 1.58. The summed E-state index contributed by atoms with van der Waals surface area (Å²) in [6.45, 7) is 1.39. The molecule has 1 aliphatic carbocycles. The number of carbonyl (C=O) groups is 1. The molecule has 3 aromatic rings. The second kappa shape index (κ2) is 6.67. The van der Waals surface area contributed by atoms with Gasteiger partial charge in [-0.3, -0.25) is 9.59 Å². The predicted octanol–water partition coefficient (Wildman–Crippen LogP) is 4.17. The van der Waals surface area contributed by atoms with Crippen LogP contribution >= 0.6 is 11.6 Å². The molecule has 156 valence electrons. The van der Waals surface area contributed by atoms with Gasteiger partial charge in [-0.1, -0.05) is 17.7 Å². The molecule has 1 saturated heterocycles. The number of nitrogens with zero attached hydrogens (tertiary/aromatic N) is 3. The number of halogens is 3. The van der Waals surface area contributed by atoms with Gasteiger partial charge in [-0.25, -0.2) is 8.78 Å². The standard InChI is InChI=1S/C22H20ClF2N3O2/c1-22(25)11-27(12-22)19(29)10-26-7-6-18-20(21(26)30)15(9-28(18)14-3-4-14)13-2-5-17(24)16(23)8-13/h2,5-9,14H,3-4,10-12H2,1H3. The minimum Gasteiger partial charge on any atom is -0.344 e. The van der Waals surface area contributed by atoms with Gasteiger partial charge in [0.1, 0.15) is 18.0 Å². The zero-order chi connectivity index (χ0) is 21.2. The fraction of sp³-hybridized carbons (Fsp3) is 0.364. The van der Waals surface area contributed by atoms with E-state index in [1.807, 2.05) is 12.3 Å². The lowest BCUT2D eigenvalue weighted by molar-refractivity contribution is -0.144. The van der Waals surface area contributed by atoms with Crippen molar-refractivity contribution in [3.05, 3.63) is 57.9 Å². The van der Waals surface area contributed by atoms with E-state index in [2.05, 4.69) is 4.57 Å². The first-order chi connectivity index (χ1) is 14.2. The lowest BCUT2D eigenvalue weighted by atomic mass is 9.99. The van der Waals surface area contributed by atoms with E-state index in [1.54, 1.807) is 12.3 Å². The van der Waals surface area contributed by atoms with Gasteiger partial charge in [0.05, 0.1) is 29.0 Å². The van der Waals surface area contributed by atoms with Crippen LogP contribution in [0.15, 0.2) is 41.5 Å². The Bertz CT molecular complexity index is 1240. The van der Waals surface area contributed by atoms with Crippen molar-refractivity contribution in [2.75, 3.05) is 13.1 Å². The van der Waals surface area contributed by atoms with Crippen LogP contribution in [0.5, 0.6) is 0 Å². The van der Waals surface area contributed by atoms with Crippen molar-refractivity contribution in [2.24, 2.45) is 0 Å². The van der Waals surface area contributed by atoms with E-state index < -0.39 is 11.5 Å². The van der Waals surface area contributed by atoms with Gasteiger partial charge in [0.2, 0.25) is 5.91 Å². The summed E-state index contributed by atoms with van der Waals surface area (Å²) >= 11 is 5.97. The number of benzene rings is 1. The average Bonchev–Trinajstić information content (AvgIpc) is 3.44. The average molecular weight is 432 g/mol. The fourth-order valence-corrected chi connectivity index (χ4v) is 4.32. The van der Waals surface area contributed by atoms with Gasteiger partial charge in [0.15, 0.2) is 0 Å². The van der Waals surface area contributed by atoms with Crippen molar-refractivity contribution in [1.82, 2.24) is 14.0 Å². The molecule has 5 nitrogen and oxygen atoms in total. The van der Waals surface area contributed by atoms with E-state index in [1.165, 1.54) is 28.5 Å². The topological polar surface area (TPSA) is 47.2 Å². The smallest absolute Gasteiger partial charge is 0.261 e. The van der Waals surface area contributed by atoms with Gasteiger partial charge in [0, 0.05) is 24.0 Å². The molecule has 0 bridgehead atoms. The normalized spacial score (nSPS) is 17.9. The third-order valence-corrected chi connectivity index (χ3v) is 6.12. The number of aromatic nitrogens is 2. The number of fused-ring (bicyclic) bond motifs is 1. The molecule has 2 fully saturated rings. The zero-order valence-electron chi connectivity index (χ0n) is 16.4. The molecule has 3 heterocycles. The van der Waals surface area contributed by atoms with Crippen LogP contribution in [0, 0.1) is 5.82 Å². The van der Waals surface area contributed by atoms with E-state index in [9.17, 15) is 18.4 Å². The summed E-state index contributed by atoms with van der Waals surface area (Å²) in [6.07, 6.45) is 5.58. The Kier molecular flexibility index (Phi) is 4.29. The number of pyridine rings is 1. The number of rotatable bonds is 4.